The van der Waals surface area contributed by atoms with Gasteiger partial charge in [-0.3, -0.25) is 10.7 Å². The Hall–Kier alpha value is -2.55. The highest BCUT2D eigenvalue weighted by Gasteiger charge is 2.36. The van der Waals surface area contributed by atoms with Crippen molar-refractivity contribution < 1.29 is 17.6 Å². The number of hydrogen-bond donors (Lipinski definition) is 4. The second-order valence-corrected chi connectivity index (χ2v) is 5.11. The third kappa shape index (κ3) is 3.14. The van der Waals surface area contributed by atoms with Gasteiger partial charge in [-0.1, -0.05) is 12.1 Å². The van der Waals surface area contributed by atoms with Gasteiger partial charge >= 0.3 is 6.18 Å². The van der Waals surface area contributed by atoms with E-state index in [9.17, 15) is 17.6 Å². The van der Waals surface area contributed by atoms with Gasteiger partial charge < -0.3 is 15.6 Å². The maximum absolute atomic E-state index is 13.1. The lowest BCUT2D eigenvalue weighted by Crippen LogP contribution is -2.61. The molecule has 1 aliphatic rings. The SMILES string of the molecule is NC1(c2ccc(F)cc2)NC(=NCC(F)(F)F)c2cc[nH]c2N1. The molecular weight excluding hydrogens is 314 g/mol. The molecule has 1 atom stereocenters. The van der Waals surface area contributed by atoms with Gasteiger partial charge in [0.15, 0.2) is 5.79 Å². The van der Waals surface area contributed by atoms with E-state index in [1.807, 2.05) is 0 Å². The first-order chi connectivity index (χ1) is 10.8. The summed E-state index contributed by atoms with van der Waals surface area (Å²) in [7, 11) is 0. The summed E-state index contributed by atoms with van der Waals surface area (Å²) >= 11 is 0. The van der Waals surface area contributed by atoms with Gasteiger partial charge in [0, 0.05) is 11.8 Å². The number of hydrogen-bond acceptors (Lipinski definition) is 3. The fourth-order valence-electron chi connectivity index (χ4n) is 2.30. The number of benzene rings is 1. The van der Waals surface area contributed by atoms with E-state index in [2.05, 4.69) is 20.6 Å². The molecule has 1 unspecified atom stereocenters. The Morgan fingerprint density at radius 1 is 1.09 bits per heavy atom. The van der Waals surface area contributed by atoms with Gasteiger partial charge in [0.1, 0.15) is 24.0 Å². The zero-order chi connectivity index (χ0) is 16.7. The molecule has 0 amide bonds. The van der Waals surface area contributed by atoms with Crippen LogP contribution in [-0.4, -0.2) is 23.5 Å². The van der Waals surface area contributed by atoms with E-state index in [0.717, 1.165) is 0 Å². The molecule has 0 radical (unpaired) electrons. The van der Waals surface area contributed by atoms with Gasteiger partial charge in [0.05, 0.1) is 5.56 Å². The molecular formula is C14H13F4N5. The first-order valence-electron chi connectivity index (χ1n) is 6.67. The lowest BCUT2D eigenvalue weighted by atomic mass is 10.0. The number of halogens is 4. The lowest BCUT2D eigenvalue weighted by Gasteiger charge is -2.37. The predicted octanol–water partition coefficient (Wildman–Crippen LogP) is 2.25. The second-order valence-electron chi connectivity index (χ2n) is 5.11. The van der Waals surface area contributed by atoms with Gasteiger partial charge in [-0.25, -0.2) is 4.39 Å². The van der Waals surface area contributed by atoms with E-state index in [0.29, 0.717) is 16.9 Å². The van der Waals surface area contributed by atoms with Crippen LogP contribution in [0.1, 0.15) is 11.1 Å². The predicted molar refractivity (Wildman–Crippen MR) is 77.3 cm³/mol. The standard InChI is InChI=1S/C14H13F4N5/c15-9-3-1-8(2-4-9)14(19)22-11-10(5-6-20-11)12(23-14)21-7-13(16,17)18/h1-6,20,22H,7,19H2,(H,21,23). The molecule has 5 nitrogen and oxygen atoms in total. The minimum Gasteiger partial charge on any atom is -0.348 e. The first-order valence-corrected chi connectivity index (χ1v) is 6.67. The number of alkyl halides is 3. The largest absolute Gasteiger partial charge is 0.408 e. The highest BCUT2D eigenvalue weighted by Crippen LogP contribution is 2.27. The molecule has 5 N–H and O–H groups in total. The molecule has 122 valence electrons. The minimum atomic E-state index is -4.43. The van der Waals surface area contributed by atoms with Crippen molar-refractivity contribution in [3.05, 3.63) is 53.5 Å². The monoisotopic (exact) mass is 327 g/mol. The van der Waals surface area contributed by atoms with Crippen molar-refractivity contribution in [2.75, 3.05) is 11.9 Å². The Labute approximate surface area is 128 Å². The maximum Gasteiger partial charge on any atom is 0.408 e. The van der Waals surface area contributed by atoms with Crippen LogP contribution in [0.2, 0.25) is 0 Å². The Balaban J connectivity index is 1.98. The van der Waals surface area contributed by atoms with Crippen LogP contribution in [0.15, 0.2) is 41.5 Å². The molecule has 0 saturated carbocycles. The fourth-order valence-corrected chi connectivity index (χ4v) is 2.30. The molecule has 23 heavy (non-hydrogen) atoms. The number of aliphatic imine (C=N–C) groups is 1. The van der Waals surface area contributed by atoms with Gasteiger partial charge in [0.25, 0.3) is 0 Å². The molecule has 0 fully saturated rings. The topological polar surface area (TPSA) is 78.2 Å². The number of rotatable bonds is 2. The summed E-state index contributed by atoms with van der Waals surface area (Å²) in [4.78, 5) is 6.43. The number of nitrogens with zero attached hydrogens (tertiary/aromatic N) is 1. The molecule has 2 aromatic rings. The van der Waals surface area contributed by atoms with Crippen molar-refractivity contribution >= 4 is 11.7 Å². The number of nitrogens with one attached hydrogen (secondary N) is 3. The molecule has 3 rings (SSSR count). The average Bonchev–Trinajstić information content (AvgIpc) is 2.92. The minimum absolute atomic E-state index is 0.00384. The van der Waals surface area contributed by atoms with Crippen molar-refractivity contribution in [1.29, 1.82) is 0 Å². The Morgan fingerprint density at radius 2 is 1.78 bits per heavy atom. The maximum atomic E-state index is 13.1. The first kappa shape index (κ1) is 15.3. The van der Waals surface area contributed by atoms with Crippen molar-refractivity contribution in [3.8, 4) is 0 Å². The normalized spacial score (nSPS) is 22.4. The third-order valence-corrected chi connectivity index (χ3v) is 3.36. The van der Waals surface area contributed by atoms with Crippen LogP contribution in [0.4, 0.5) is 23.4 Å². The van der Waals surface area contributed by atoms with E-state index in [1.165, 1.54) is 24.3 Å². The summed E-state index contributed by atoms with van der Waals surface area (Å²) in [5.41, 5.74) is 7.09. The summed E-state index contributed by atoms with van der Waals surface area (Å²) < 4.78 is 50.4. The molecule has 9 heteroatoms. The van der Waals surface area contributed by atoms with E-state index in [1.54, 1.807) is 12.3 Å². The highest BCUT2D eigenvalue weighted by molar-refractivity contribution is 6.05. The summed E-state index contributed by atoms with van der Waals surface area (Å²) in [5.74, 6) is -1.43. The highest BCUT2D eigenvalue weighted by atomic mass is 19.4. The van der Waals surface area contributed by atoms with Crippen molar-refractivity contribution in [2.24, 2.45) is 10.7 Å². The fraction of sp³-hybridized carbons (Fsp3) is 0.214. The van der Waals surface area contributed by atoms with Gasteiger partial charge in [-0.15, -0.1) is 0 Å². The van der Waals surface area contributed by atoms with Crippen LogP contribution in [0, 0.1) is 5.82 Å². The Kier molecular flexibility index (Phi) is 3.52. The van der Waals surface area contributed by atoms with Crippen LogP contribution in [0.3, 0.4) is 0 Å². The van der Waals surface area contributed by atoms with Crippen molar-refractivity contribution in [3.63, 3.8) is 0 Å². The van der Waals surface area contributed by atoms with Crippen molar-refractivity contribution in [2.45, 2.75) is 12.0 Å². The molecule has 1 aliphatic heterocycles. The van der Waals surface area contributed by atoms with Crippen LogP contribution in [-0.2, 0) is 5.79 Å². The van der Waals surface area contributed by atoms with E-state index in [4.69, 9.17) is 5.73 Å². The van der Waals surface area contributed by atoms with E-state index < -0.39 is 24.3 Å². The van der Waals surface area contributed by atoms with Crippen molar-refractivity contribution in [1.82, 2.24) is 10.3 Å². The number of fused-ring (bicyclic) bond motifs is 1. The number of amidine groups is 1. The van der Waals surface area contributed by atoms with Gasteiger partial charge in [0.2, 0.25) is 0 Å². The van der Waals surface area contributed by atoms with Gasteiger partial charge in [-0.2, -0.15) is 13.2 Å². The number of nitrogens with two attached hydrogens (primary N) is 1. The third-order valence-electron chi connectivity index (χ3n) is 3.36. The number of aromatic nitrogens is 1. The molecule has 0 aliphatic carbocycles. The Bertz CT molecular complexity index is 734. The Morgan fingerprint density at radius 3 is 2.43 bits per heavy atom. The number of anilines is 1. The van der Waals surface area contributed by atoms with Crippen LogP contribution in [0.5, 0.6) is 0 Å². The average molecular weight is 327 g/mol. The van der Waals surface area contributed by atoms with E-state index in [-0.39, 0.29) is 5.84 Å². The van der Waals surface area contributed by atoms with E-state index >= 15 is 0 Å². The molecule has 0 spiro atoms. The molecule has 1 aromatic heterocycles. The molecule has 2 heterocycles. The molecule has 0 saturated heterocycles. The number of aromatic amines is 1. The zero-order valence-electron chi connectivity index (χ0n) is 11.7. The smallest absolute Gasteiger partial charge is 0.348 e. The quantitative estimate of drug-likeness (QED) is 0.639. The molecule has 1 aromatic carbocycles. The summed E-state index contributed by atoms with van der Waals surface area (Å²) in [6.45, 7) is -1.33. The zero-order valence-corrected chi connectivity index (χ0v) is 11.7. The van der Waals surface area contributed by atoms with Crippen LogP contribution in [0.25, 0.3) is 0 Å². The number of H-pyrrole nitrogens is 1. The lowest BCUT2D eigenvalue weighted by molar-refractivity contribution is -0.118. The van der Waals surface area contributed by atoms with Gasteiger partial charge in [-0.05, 0) is 18.2 Å². The summed E-state index contributed by atoms with van der Waals surface area (Å²) in [5, 5.41) is 5.70. The van der Waals surface area contributed by atoms with Crippen LogP contribution >= 0.6 is 0 Å². The second kappa shape index (κ2) is 5.27. The molecule has 0 bridgehead atoms. The van der Waals surface area contributed by atoms with Crippen LogP contribution < -0.4 is 16.4 Å². The summed E-state index contributed by atoms with van der Waals surface area (Å²) in [6, 6.07) is 6.87. The summed E-state index contributed by atoms with van der Waals surface area (Å²) in [6.07, 6.45) is -2.87.